The van der Waals surface area contributed by atoms with Crippen LogP contribution in [0.2, 0.25) is 0 Å². The van der Waals surface area contributed by atoms with E-state index in [-0.39, 0.29) is 0 Å². The predicted octanol–water partition coefficient (Wildman–Crippen LogP) is 5.27. The van der Waals surface area contributed by atoms with Crippen molar-refractivity contribution in [3.63, 3.8) is 0 Å². The fraction of sp³-hybridized carbons (Fsp3) is 0.524. The topological polar surface area (TPSA) is 9.23 Å². The van der Waals surface area contributed by atoms with Gasteiger partial charge in [-0.05, 0) is 84.1 Å². The van der Waals surface area contributed by atoms with Gasteiger partial charge in [-0.3, -0.25) is 0 Å². The van der Waals surface area contributed by atoms with Crippen molar-refractivity contribution in [1.29, 1.82) is 0 Å². The number of hydrogen-bond acceptors (Lipinski definition) is 1. The minimum atomic E-state index is 0.382. The lowest BCUT2D eigenvalue weighted by Gasteiger charge is -2.50. The van der Waals surface area contributed by atoms with Crippen LogP contribution in [0.1, 0.15) is 49.7 Å². The molecule has 22 heavy (non-hydrogen) atoms. The lowest BCUT2D eigenvalue weighted by molar-refractivity contribution is 0.0774. The number of aryl methyl sites for hydroxylation is 1. The van der Waals surface area contributed by atoms with Gasteiger partial charge < -0.3 is 4.74 Å². The molecule has 0 N–H and O–H groups in total. The Bertz CT molecular complexity index is 641. The van der Waals surface area contributed by atoms with Gasteiger partial charge in [0.2, 0.25) is 0 Å². The van der Waals surface area contributed by atoms with E-state index in [2.05, 4.69) is 43.9 Å². The van der Waals surface area contributed by atoms with Crippen LogP contribution in [0.3, 0.4) is 0 Å². The first-order valence-electron chi connectivity index (χ1n) is 8.67. The lowest BCUT2D eigenvalue weighted by atomic mass is 9.54. The molecule has 4 rings (SSSR count). The smallest absolute Gasteiger partial charge is 0.119 e. The number of fused-ring (bicyclic) bond motifs is 5. The summed E-state index contributed by atoms with van der Waals surface area (Å²) in [5.41, 5.74) is 5.02. The molecule has 0 unspecified atom stereocenters. The SMILES string of the molecule is C=CC1=CC[C@H]2[C@@H]3CCc4cc(OC)ccc4[C@H]3CC[C@]12C. The number of hydrogen-bond donors (Lipinski definition) is 0. The Hall–Kier alpha value is -1.50. The first-order chi connectivity index (χ1) is 10.7. The molecule has 0 heterocycles. The number of allylic oxidation sites excluding steroid dienone is 3. The number of benzene rings is 1. The van der Waals surface area contributed by atoms with Crippen molar-refractivity contribution >= 4 is 0 Å². The lowest BCUT2D eigenvalue weighted by Crippen LogP contribution is -2.40. The van der Waals surface area contributed by atoms with Crippen LogP contribution in [0.4, 0.5) is 0 Å². The summed E-state index contributed by atoms with van der Waals surface area (Å²) < 4.78 is 5.41. The molecule has 3 aliphatic carbocycles. The fourth-order valence-corrected chi connectivity index (χ4v) is 5.60. The average Bonchev–Trinajstić information content (AvgIpc) is 2.90. The largest absolute Gasteiger partial charge is 0.497 e. The Morgan fingerprint density at radius 1 is 1.32 bits per heavy atom. The van der Waals surface area contributed by atoms with Gasteiger partial charge in [-0.25, -0.2) is 0 Å². The number of ether oxygens (including phenoxy) is 1. The summed E-state index contributed by atoms with van der Waals surface area (Å²) in [5.74, 6) is 3.42. The molecule has 1 nitrogen and oxygen atoms in total. The van der Waals surface area contributed by atoms with Crippen LogP contribution < -0.4 is 4.74 Å². The third-order valence-electron chi connectivity index (χ3n) is 6.79. The van der Waals surface area contributed by atoms with Gasteiger partial charge in [0.15, 0.2) is 0 Å². The molecule has 0 spiro atoms. The summed E-state index contributed by atoms with van der Waals surface area (Å²) >= 11 is 0. The summed E-state index contributed by atoms with van der Waals surface area (Å²) in [6, 6.07) is 6.75. The van der Waals surface area contributed by atoms with E-state index < -0.39 is 0 Å². The third-order valence-corrected chi connectivity index (χ3v) is 6.79. The van der Waals surface area contributed by atoms with Crippen molar-refractivity contribution in [3.8, 4) is 5.75 Å². The predicted molar refractivity (Wildman–Crippen MR) is 91.3 cm³/mol. The fourth-order valence-electron chi connectivity index (χ4n) is 5.60. The Morgan fingerprint density at radius 2 is 2.18 bits per heavy atom. The summed E-state index contributed by atoms with van der Waals surface area (Å²) in [7, 11) is 1.76. The number of methoxy groups -OCH3 is 1. The molecular weight excluding hydrogens is 268 g/mol. The summed E-state index contributed by atoms with van der Waals surface area (Å²) in [4.78, 5) is 0. The van der Waals surface area contributed by atoms with E-state index >= 15 is 0 Å². The molecule has 0 aromatic heterocycles. The molecule has 0 amide bonds. The monoisotopic (exact) mass is 294 g/mol. The standard InChI is InChI=1S/C21H26O/c1-4-15-6-10-20-19-8-5-14-13-16(22-3)7-9-17(14)18(19)11-12-21(15,20)2/h4,6-7,9,13,18-20H,1,5,8,10-12H2,2-3H3/t18-,19-,20+,21-/m1/s1. The maximum absolute atomic E-state index is 5.41. The molecule has 1 fully saturated rings. The molecule has 0 saturated heterocycles. The molecule has 116 valence electrons. The van der Waals surface area contributed by atoms with Crippen LogP contribution in [0.5, 0.6) is 5.75 Å². The van der Waals surface area contributed by atoms with Gasteiger partial charge in [0.25, 0.3) is 0 Å². The normalized spacial score (nSPS) is 35.9. The molecular formula is C21H26O. The second-order valence-electron chi connectivity index (χ2n) is 7.54. The molecule has 0 radical (unpaired) electrons. The van der Waals surface area contributed by atoms with E-state index in [1.807, 2.05) is 0 Å². The molecule has 1 aromatic rings. The first-order valence-corrected chi connectivity index (χ1v) is 8.67. The van der Waals surface area contributed by atoms with Crippen LogP contribution >= 0.6 is 0 Å². The summed E-state index contributed by atoms with van der Waals surface area (Å²) in [6.45, 7) is 6.54. The Morgan fingerprint density at radius 3 is 2.95 bits per heavy atom. The van der Waals surface area contributed by atoms with Gasteiger partial charge in [0.05, 0.1) is 7.11 Å². The highest BCUT2D eigenvalue weighted by Gasteiger charge is 2.50. The van der Waals surface area contributed by atoms with E-state index in [1.165, 1.54) is 43.2 Å². The Balaban J connectivity index is 1.68. The van der Waals surface area contributed by atoms with Crippen LogP contribution in [0, 0.1) is 17.3 Å². The van der Waals surface area contributed by atoms with Crippen LogP contribution in [-0.2, 0) is 6.42 Å². The molecule has 0 aliphatic heterocycles. The molecule has 1 aromatic carbocycles. The second-order valence-corrected chi connectivity index (χ2v) is 7.54. The molecule has 0 bridgehead atoms. The van der Waals surface area contributed by atoms with E-state index in [9.17, 15) is 0 Å². The molecule has 4 atom stereocenters. The highest BCUT2D eigenvalue weighted by atomic mass is 16.5. The Kier molecular flexibility index (Phi) is 3.21. The second kappa shape index (κ2) is 5.01. The zero-order chi connectivity index (χ0) is 15.3. The van der Waals surface area contributed by atoms with E-state index in [4.69, 9.17) is 4.74 Å². The van der Waals surface area contributed by atoms with Gasteiger partial charge in [-0.2, -0.15) is 0 Å². The minimum absolute atomic E-state index is 0.382. The van der Waals surface area contributed by atoms with Crippen LogP contribution in [-0.4, -0.2) is 7.11 Å². The van der Waals surface area contributed by atoms with Crippen molar-refractivity contribution < 1.29 is 4.74 Å². The van der Waals surface area contributed by atoms with Gasteiger partial charge in [0, 0.05) is 0 Å². The van der Waals surface area contributed by atoms with E-state index in [0.717, 1.165) is 23.5 Å². The zero-order valence-corrected chi connectivity index (χ0v) is 13.8. The Labute approximate surface area is 134 Å². The average molecular weight is 294 g/mol. The number of rotatable bonds is 2. The van der Waals surface area contributed by atoms with Crippen molar-refractivity contribution in [1.82, 2.24) is 0 Å². The van der Waals surface area contributed by atoms with Crippen molar-refractivity contribution in [2.24, 2.45) is 17.3 Å². The van der Waals surface area contributed by atoms with Crippen molar-refractivity contribution in [3.05, 3.63) is 53.6 Å². The zero-order valence-electron chi connectivity index (χ0n) is 13.8. The van der Waals surface area contributed by atoms with E-state index in [0.29, 0.717) is 5.41 Å². The first kappa shape index (κ1) is 14.1. The maximum Gasteiger partial charge on any atom is 0.119 e. The van der Waals surface area contributed by atoms with Gasteiger partial charge in [-0.15, -0.1) is 0 Å². The summed E-state index contributed by atoms with van der Waals surface area (Å²) in [6.07, 6.45) is 11.0. The van der Waals surface area contributed by atoms with Crippen molar-refractivity contribution in [2.45, 2.75) is 44.9 Å². The highest BCUT2D eigenvalue weighted by Crippen LogP contribution is 2.61. The third kappa shape index (κ3) is 1.84. The van der Waals surface area contributed by atoms with Crippen molar-refractivity contribution in [2.75, 3.05) is 7.11 Å². The summed E-state index contributed by atoms with van der Waals surface area (Å²) in [5, 5.41) is 0. The highest BCUT2D eigenvalue weighted by molar-refractivity contribution is 5.42. The quantitative estimate of drug-likeness (QED) is 0.721. The minimum Gasteiger partial charge on any atom is -0.497 e. The molecule has 1 heteroatoms. The van der Waals surface area contributed by atoms with Gasteiger partial charge in [-0.1, -0.05) is 31.7 Å². The molecule has 3 aliphatic rings. The van der Waals surface area contributed by atoms with Crippen LogP contribution in [0.25, 0.3) is 0 Å². The van der Waals surface area contributed by atoms with E-state index in [1.54, 1.807) is 12.7 Å². The maximum atomic E-state index is 5.41. The van der Waals surface area contributed by atoms with Gasteiger partial charge >= 0.3 is 0 Å². The van der Waals surface area contributed by atoms with Crippen LogP contribution in [0.15, 0.2) is 42.5 Å². The van der Waals surface area contributed by atoms with Gasteiger partial charge in [0.1, 0.15) is 5.75 Å². The molecule has 1 saturated carbocycles.